The van der Waals surface area contributed by atoms with Crippen LogP contribution in [0.5, 0.6) is 11.5 Å². The van der Waals surface area contributed by atoms with Crippen LogP contribution in [0.25, 0.3) is 0 Å². The number of rotatable bonds is 12. The summed E-state index contributed by atoms with van der Waals surface area (Å²) in [5, 5.41) is 9.65. The van der Waals surface area contributed by atoms with Crippen molar-refractivity contribution in [1.29, 1.82) is 0 Å². The van der Waals surface area contributed by atoms with Crippen molar-refractivity contribution in [2.24, 2.45) is 5.92 Å². The first kappa shape index (κ1) is 20.3. The highest BCUT2D eigenvalue weighted by Crippen LogP contribution is 2.27. The van der Waals surface area contributed by atoms with Crippen LogP contribution in [0, 0.1) is 5.92 Å². The third kappa shape index (κ3) is 8.23. The van der Waals surface area contributed by atoms with Gasteiger partial charge < -0.3 is 14.6 Å². The minimum atomic E-state index is -0.164. The second kappa shape index (κ2) is 11.8. The number of aromatic hydroxyl groups is 1. The summed E-state index contributed by atoms with van der Waals surface area (Å²) in [6, 6.07) is 5.01. The number of esters is 1. The largest absolute Gasteiger partial charge is 0.504 e. The summed E-state index contributed by atoms with van der Waals surface area (Å²) in [6.45, 7) is 7.07. The van der Waals surface area contributed by atoms with Crippen molar-refractivity contribution in [3.63, 3.8) is 0 Å². The van der Waals surface area contributed by atoms with E-state index >= 15 is 0 Å². The van der Waals surface area contributed by atoms with Gasteiger partial charge in [-0.25, -0.2) is 0 Å². The number of hydrogen-bond acceptors (Lipinski definition) is 4. The Morgan fingerprint density at radius 2 is 1.92 bits per heavy atom. The van der Waals surface area contributed by atoms with Crippen molar-refractivity contribution in [3.8, 4) is 11.5 Å². The Morgan fingerprint density at radius 1 is 1.17 bits per heavy atom. The molecule has 136 valence electrons. The summed E-state index contributed by atoms with van der Waals surface area (Å²) in [4.78, 5) is 11.8. The molecule has 4 heteroatoms. The van der Waals surface area contributed by atoms with Crippen molar-refractivity contribution in [2.75, 3.05) is 6.61 Å². The maximum atomic E-state index is 11.8. The minimum Gasteiger partial charge on any atom is -0.504 e. The second-order valence-electron chi connectivity index (χ2n) is 6.36. The number of unbranched alkanes of at least 4 members (excludes halogenated alkanes) is 3. The molecule has 0 amide bonds. The molecular formula is C20H32O4. The van der Waals surface area contributed by atoms with Gasteiger partial charge in [-0.1, -0.05) is 52.0 Å². The zero-order valence-corrected chi connectivity index (χ0v) is 15.3. The Morgan fingerprint density at radius 3 is 2.62 bits per heavy atom. The molecule has 1 N–H and O–H groups in total. The van der Waals surface area contributed by atoms with Gasteiger partial charge in [0.2, 0.25) is 0 Å². The quantitative estimate of drug-likeness (QED) is 0.420. The molecule has 0 radical (unpaired) electrons. The van der Waals surface area contributed by atoms with Crippen molar-refractivity contribution < 1.29 is 19.4 Å². The number of carbonyl (C=O) groups excluding carboxylic acids is 1. The molecule has 0 aliphatic heterocycles. The molecule has 1 unspecified atom stereocenters. The Kier molecular flexibility index (Phi) is 9.97. The van der Waals surface area contributed by atoms with Gasteiger partial charge in [-0.05, 0) is 37.0 Å². The van der Waals surface area contributed by atoms with Crippen LogP contribution in [-0.4, -0.2) is 17.7 Å². The fourth-order valence-corrected chi connectivity index (χ4v) is 2.48. The third-order valence-corrected chi connectivity index (χ3v) is 4.25. The molecule has 0 fully saturated rings. The predicted molar refractivity (Wildman–Crippen MR) is 96.2 cm³/mol. The number of phenols is 1. The lowest BCUT2D eigenvalue weighted by Crippen LogP contribution is -2.04. The van der Waals surface area contributed by atoms with Crippen molar-refractivity contribution >= 4 is 5.97 Å². The highest BCUT2D eigenvalue weighted by molar-refractivity contribution is 5.69. The number of hydrogen-bond donors (Lipinski definition) is 1. The van der Waals surface area contributed by atoms with Crippen molar-refractivity contribution in [2.45, 2.75) is 72.3 Å². The van der Waals surface area contributed by atoms with Crippen LogP contribution in [0.15, 0.2) is 18.2 Å². The summed E-state index contributed by atoms with van der Waals surface area (Å²) in [5.74, 6) is 1.17. The van der Waals surface area contributed by atoms with Gasteiger partial charge in [-0.3, -0.25) is 4.79 Å². The Bertz CT molecular complexity index is 485. The smallest absolute Gasteiger partial charge is 0.306 e. The average Bonchev–Trinajstić information content (AvgIpc) is 2.58. The standard InChI is InChI=1S/C20H32O4/c1-4-16(3)10-8-6-7-9-11-20(22)24-15-17-12-13-18(21)19(14-17)23-5-2/h12-14,16,21H,4-11,15H2,1-3H3. The molecule has 0 aromatic heterocycles. The van der Waals surface area contributed by atoms with E-state index in [0.29, 0.717) is 18.8 Å². The summed E-state index contributed by atoms with van der Waals surface area (Å²) >= 11 is 0. The first-order chi connectivity index (χ1) is 11.6. The van der Waals surface area contributed by atoms with Gasteiger partial charge in [-0.15, -0.1) is 0 Å². The molecule has 0 spiro atoms. The summed E-state index contributed by atoms with van der Waals surface area (Å²) in [5.41, 5.74) is 0.818. The molecule has 0 saturated carbocycles. The average molecular weight is 336 g/mol. The van der Waals surface area contributed by atoms with Crippen LogP contribution in [0.4, 0.5) is 0 Å². The molecule has 0 heterocycles. The van der Waals surface area contributed by atoms with E-state index in [1.165, 1.54) is 25.7 Å². The fraction of sp³-hybridized carbons (Fsp3) is 0.650. The van der Waals surface area contributed by atoms with Gasteiger partial charge in [-0.2, -0.15) is 0 Å². The fourth-order valence-electron chi connectivity index (χ4n) is 2.48. The predicted octanol–water partition coefficient (Wildman–Crippen LogP) is 5.22. The first-order valence-electron chi connectivity index (χ1n) is 9.17. The van der Waals surface area contributed by atoms with Crippen molar-refractivity contribution in [1.82, 2.24) is 0 Å². The van der Waals surface area contributed by atoms with E-state index in [1.54, 1.807) is 18.2 Å². The lowest BCUT2D eigenvalue weighted by molar-refractivity contribution is -0.145. The van der Waals surface area contributed by atoms with E-state index in [-0.39, 0.29) is 18.3 Å². The van der Waals surface area contributed by atoms with Gasteiger partial charge in [0.15, 0.2) is 11.5 Å². The van der Waals surface area contributed by atoms with E-state index in [4.69, 9.17) is 9.47 Å². The number of benzene rings is 1. The first-order valence-corrected chi connectivity index (χ1v) is 9.17. The maximum absolute atomic E-state index is 11.8. The van der Waals surface area contributed by atoms with Gasteiger partial charge >= 0.3 is 5.97 Å². The molecule has 4 nitrogen and oxygen atoms in total. The molecule has 0 aliphatic carbocycles. The van der Waals surface area contributed by atoms with Crippen LogP contribution in [0.2, 0.25) is 0 Å². The van der Waals surface area contributed by atoms with E-state index in [9.17, 15) is 9.90 Å². The Labute approximate surface area is 146 Å². The number of carbonyl (C=O) groups is 1. The monoisotopic (exact) mass is 336 g/mol. The number of phenolic OH excluding ortho intramolecular Hbond substituents is 1. The summed E-state index contributed by atoms with van der Waals surface area (Å²) in [7, 11) is 0. The lowest BCUT2D eigenvalue weighted by atomic mass is 10.0. The van der Waals surface area contributed by atoms with E-state index in [0.717, 1.165) is 24.3 Å². The van der Waals surface area contributed by atoms with Gasteiger partial charge in [0.25, 0.3) is 0 Å². The highest BCUT2D eigenvalue weighted by atomic mass is 16.5. The van der Waals surface area contributed by atoms with Crippen LogP contribution in [0.1, 0.15) is 71.3 Å². The molecule has 24 heavy (non-hydrogen) atoms. The molecule has 0 saturated heterocycles. The molecule has 0 aliphatic rings. The van der Waals surface area contributed by atoms with Crippen molar-refractivity contribution in [3.05, 3.63) is 23.8 Å². The second-order valence-corrected chi connectivity index (χ2v) is 6.36. The molecule has 1 aromatic rings. The summed E-state index contributed by atoms with van der Waals surface area (Å²) in [6.07, 6.45) is 7.40. The van der Waals surface area contributed by atoms with Gasteiger partial charge in [0.05, 0.1) is 6.61 Å². The molecular weight excluding hydrogens is 304 g/mol. The zero-order chi connectivity index (χ0) is 17.8. The third-order valence-electron chi connectivity index (χ3n) is 4.25. The molecule has 1 rings (SSSR count). The summed E-state index contributed by atoms with van der Waals surface area (Å²) < 4.78 is 10.6. The van der Waals surface area contributed by atoms with Crippen LogP contribution in [0.3, 0.4) is 0 Å². The Balaban J connectivity index is 2.19. The van der Waals surface area contributed by atoms with Gasteiger partial charge in [0, 0.05) is 6.42 Å². The normalized spacial score (nSPS) is 12.0. The van der Waals surface area contributed by atoms with Crippen LogP contribution < -0.4 is 4.74 Å². The van der Waals surface area contributed by atoms with E-state index in [2.05, 4.69) is 13.8 Å². The SMILES string of the molecule is CCOc1cc(COC(=O)CCCCCCC(C)CC)ccc1O. The van der Waals surface area contributed by atoms with Gasteiger partial charge in [0.1, 0.15) is 6.61 Å². The molecule has 1 aromatic carbocycles. The van der Waals surface area contributed by atoms with E-state index in [1.807, 2.05) is 6.92 Å². The Hall–Kier alpha value is -1.71. The molecule has 1 atom stereocenters. The highest BCUT2D eigenvalue weighted by Gasteiger charge is 2.07. The number of ether oxygens (including phenoxy) is 2. The molecule has 0 bridgehead atoms. The van der Waals surface area contributed by atoms with E-state index < -0.39 is 0 Å². The van der Waals surface area contributed by atoms with Crippen LogP contribution in [-0.2, 0) is 16.1 Å². The zero-order valence-electron chi connectivity index (χ0n) is 15.3. The van der Waals surface area contributed by atoms with Crippen LogP contribution >= 0.6 is 0 Å². The minimum absolute atomic E-state index is 0.101. The topological polar surface area (TPSA) is 55.8 Å². The lowest BCUT2D eigenvalue weighted by Gasteiger charge is -2.09. The maximum Gasteiger partial charge on any atom is 0.306 e.